The summed E-state index contributed by atoms with van der Waals surface area (Å²) in [5.41, 5.74) is 1.38. The Morgan fingerprint density at radius 2 is 1.90 bits per heavy atom. The van der Waals surface area contributed by atoms with Crippen molar-refractivity contribution in [1.82, 2.24) is 5.32 Å². The lowest BCUT2D eigenvalue weighted by Gasteiger charge is -2.18. The summed E-state index contributed by atoms with van der Waals surface area (Å²) in [6, 6.07) is 9.18. The van der Waals surface area contributed by atoms with Crippen LogP contribution in [0.1, 0.15) is 58.9 Å². The molecule has 1 unspecified atom stereocenters. The van der Waals surface area contributed by atoms with Crippen LogP contribution in [-0.2, 0) is 6.42 Å². The fourth-order valence-corrected chi connectivity index (χ4v) is 2.43. The molecule has 0 saturated carbocycles. The Balaban J connectivity index is 2.49. The molecule has 20 heavy (non-hydrogen) atoms. The molecule has 0 radical (unpaired) electrons. The van der Waals surface area contributed by atoms with Gasteiger partial charge >= 0.3 is 0 Å². The van der Waals surface area contributed by atoms with E-state index in [0.717, 1.165) is 18.7 Å². The van der Waals surface area contributed by atoms with Crippen molar-refractivity contribution in [2.24, 2.45) is 0 Å². The molecule has 1 aromatic rings. The van der Waals surface area contributed by atoms with Gasteiger partial charge in [0.2, 0.25) is 0 Å². The summed E-state index contributed by atoms with van der Waals surface area (Å²) < 4.78 is 5.76. The van der Waals surface area contributed by atoms with Gasteiger partial charge in [0.05, 0.1) is 6.10 Å². The second-order valence-corrected chi connectivity index (χ2v) is 5.79. The Morgan fingerprint density at radius 3 is 2.55 bits per heavy atom. The summed E-state index contributed by atoms with van der Waals surface area (Å²) in [5, 5.41) is 3.66. The molecule has 0 aliphatic heterocycles. The third-order valence-electron chi connectivity index (χ3n) is 3.37. The molecule has 0 aliphatic carbocycles. The Bertz CT molecular complexity index is 362. The van der Waals surface area contributed by atoms with E-state index in [0.29, 0.717) is 6.04 Å². The smallest absolute Gasteiger partial charge is 0.119 e. The number of benzene rings is 1. The Morgan fingerprint density at radius 1 is 1.10 bits per heavy atom. The Hall–Kier alpha value is -1.02. The van der Waals surface area contributed by atoms with E-state index in [9.17, 15) is 0 Å². The molecule has 0 spiro atoms. The summed E-state index contributed by atoms with van der Waals surface area (Å²) >= 11 is 0. The Labute approximate surface area is 124 Å². The van der Waals surface area contributed by atoms with Gasteiger partial charge in [0.1, 0.15) is 5.75 Å². The van der Waals surface area contributed by atoms with Crippen LogP contribution in [0, 0.1) is 0 Å². The van der Waals surface area contributed by atoms with Gasteiger partial charge in [-0.05, 0) is 63.8 Å². The van der Waals surface area contributed by atoms with Crippen LogP contribution in [0.5, 0.6) is 5.75 Å². The normalized spacial score (nSPS) is 12.7. The molecule has 0 bridgehead atoms. The van der Waals surface area contributed by atoms with E-state index in [1.807, 2.05) is 6.07 Å². The van der Waals surface area contributed by atoms with Crippen LogP contribution in [-0.4, -0.2) is 18.7 Å². The van der Waals surface area contributed by atoms with Gasteiger partial charge in [-0.1, -0.05) is 32.4 Å². The lowest BCUT2D eigenvalue weighted by molar-refractivity contribution is 0.242. The van der Waals surface area contributed by atoms with Crippen LogP contribution >= 0.6 is 0 Å². The van der Waals surface area contributed by atoms with Gasteiger partial charge < -0.3 is 10.1 Å². The standard InChI is InChI=1S/C18H31NO/c1-5-8-17(19-13-6-2)12-11-16-9-7-10-18(14-16)20-15(3)4/h7,9-10,14-15,17,19H,5-6,8,11-13H2,1-4H3. The monoisotopic (exact) mass is 277 g/mol. The topological polar surface area (TPSA) is 21.3 Å². The third-order valence-corrected chi connectivity index (χ3v) is 3.37. The maximum absolute atomic E-state index is 5.76. The first-order chi connectivity index (χ1) is 9.65. The fourth-order valence-electron chi connectivity index (χ4n) is 2.43. The molecule has 1 rings (SSSR count). The average Bonchev–Trinajstić information content (AvgIpc) is 2.41. The van der Waals surface area contributed by atoms with Gasteiger partial charge in [-0.3, -0.25) is 0 Å². The van der Waals surface area contributed by atoms with Crippen LogP contribution < -0.4 is 10.1 Å². The van der Waals surface area contributed by atoms with Gasteiger partial charge in [-0.15, -0.1) is 0 Å². The highest BCUT2D eigenvalue weighted by molar-refractivity contribution is 5.28. The molecule has 0 heterocycles. The largest absolute Gasteiger partial charge is 0.491 e. The molecule has 1 aromatic carbocycles. The van der Waals surface area contributed by atoms with E-state index in [1.54, 1.807) is 0 Å². The minimum atomic E-state index is 0.240. The Kier molecular flexibility index (Phi) is 8.36. The van der Waals surface area contributed by atoms with Crippen molar-refractivity contribution in [2.75, 3.05) is 6.54 Å². The van der Waals surface area contributed by atoms with Crippen molar-refractivity contribution in [3.8, 4) is 5.75 Å². The molecular weight excluding hydrogens is 246 g/mol. The molecule has 0 amide bonds. The van der Waals surface area contributed by atoms with Crippen molar-refractivity contribution < 1.29 is 4.74 Å². The number of rotatable bonds is 10. The summed E-state index contributed by atoms with van der Waals surface area (Å²) in [6.07, 6.45) is 6.29. The highest BCUT2D eigenvalue weighted by atomic mass is 16.5. The lowest BCUT2D eigenvalue weighted by Crippen LogP contribution is -2.30. The molecule has 0 aromatic heterocycles. The SMILES string of the molecule is CCCNC(CCC)CCc1cccc(OC(C)C)c1. The molecular formula is C18H31NO. The summed E-state index contributed by atoms with van der Waals surface area (Å²) in [7, 11) is 0. The fraction of sp³-hybridized carbons (Fsp3) is 0.667. The number of aryl methyl sites for hydroxylation is 1. The average molecular weight is 277 g/mol. The van der Waals surface area contributed by atoms with E-state index in [1.165, 1.54) is 31.2 Å². The third kappa shape index (κ3) is 6.95. The van der Waals surface area contributed by atoms with Gasteiger partial charge in [-0.2, -0.15) is 0 Å². The van der Waals surface area contributed by atoms with E-state index < -0.39 is 0 Å². The quantitative estimate of drug-likeness (QED) is 0.676. The van der Waals surface area contributed by atoms with Crippen LogP contribution in [0.2, 0.25) is 0 Å². The van der Waals surface area contributed by atoms with Gasteiger partial charge in [-0.25, -0.2) is 0 Å². The van der Waals surface area contributed by atoms with Gasteiger partial charge in [0.15, 0.2) is 0 Å². The van der Waals surface area contributed by atoms with Crippen molar-refractivity contribution in [1.29, 1.82) is 0 Å². The maximum Gasteiger partial charge on any atom is 0.119 e. The van der Waals surface area contributed by atoms with E-state index >= 15 is 0 Å². The first-order valence-corrected chi connectivity index (χ1v) is 8.14. The number of nitrogens with one attached hydrogen (secondary N) is 1. The van der Waals surface area contributed by atoms with Crippen molar-refractivity contribution in [2.45, 2.75) is 71.9 Å². The van der Waals surface area contributed by atoms with Gasteiger partial charge in [0, 0.05) is 6.04 Å². The zero-order chi connectivity index (χ0) is 14.8. The molecule has 2 heteroatoms. The predicted molar refractivity (Wildman–Crippen MR) is 87.5 cm³/mol. The first-order valence-electron chi connectivity index (χ1n) is 8.14. The molecule has 1 atom stereocenters. The molecule has 0 aliphatic rings. The lowest BCUT2D eigenvalue weighted by atomic mass is 10.0. The molecule has 2 nitrogen and oxygen atoms in total. The maximum atomic E-state index is 5.76. The molecule has 1 N–H and O–H groups in total. The molecule has 0 fully saturated rings. The predicted octanol–water partition coefficient (Wildman–Crippen LogP) is 4.57. The van der Waals surface area contributed by atoms with E-state index in [-0.39, 0.29) is 6.10 Å². The second kappa shape index (κ2) is 9.82. The van der Waals surface area contributed by atoms with Gasteiger partial charge in [0.25, 0.3) is 0 Å². The van der Waals surface area contributed by atoms with Crippen molar-refractivity contribution in [3.05, 3.63) is 29.8 Å². The van der Waals surface area contributed by atoms with Crippen LogP contribution in [0.25, 0.3) is 0 Å². The van der Waals surface area contributed by atoms with Crippen LogP contribution in [0.4, 0.5) is 0 Å². The number of hydrogen-bond acceptors (Lipinski definition) is 2. The van der Waals surface area contributed by atoms with Crippen LogP contribution in [0.15, 0.2) is 24.3 Å². The molecule has 0 saturated heterocycles. The molecule has 114 valence electrons. The minimum absolute atomic E-state index is 0.240. The second-order valence-electron chi connectivity index (χ2n) is 5.79. The summed E-state index contributed by atoms with van der Waals surface area (Å²) in [5.74, 6) is 0.992. The zero-order valence-electron chi connectivity index (χ0n) is 13.6. The zero-order valence-corrected chi connectivity index (χ0v) is 13.6. The highest BCUT2D eigenvalue weighted by Gasteiger charge is 2.07. The van der Waals surface area contributed by atoms with Crippen molar-refractivity contribution in [3.63, 3.8) is 0 Å². The minimum Gasteiger partial charge on any atom is -0.491 e. The first kappa shape index (κ1) is 17.0. The number of hydrogen-bond donors (Lipinski definition) is 1. The van der Waals surface area contributed by atoms with E-state index in [4.69, 9.17) is 4.74 Å². The van der Waals surface area contributed by atoms with Crippen molar-refractivity contribution >= 4 is 0 Å². The van der Waals surface area contributed by atoms with Crippen LogP contribution in [0.3, 0.4) is 0 Å². The summed E-state index contributed by atoms with van der Waals surface area (Å²) in [6.45, 7) is 9.75. The number of ether oxygens (including phenoxy) is 1. The van der Waals surface area contributed by atoms with E-state index in [2.05, 4.69) is 51.2 Å². The highest BCUT2D eigenvalue weighted by Crippen LogP contribution is 2.17. The summed E-state index contributed by atoms with van der Waals surface area (Å²) in [4.78, 5) is 0.